The van der Waals surface area contributed by atoms with E-state index < -0.39 is 5.54 Å². The molecule has 5 rings (SSSR count). The molecule has 1 spiro atoms. The van der Waals surface area contributed by atoms with Crippen molar-refractivity contribution in [1.29, 1.82) is 0 Å². The highest BCUT2D eigenvalue weighted by Crippen LogP contribution is 2.52. The van der Waals surface area contributed by atoms with Crippen LogP contribution in [0.2, 0.25) is 0 Å². The molecule has 0 radical (unpaired) electrons. The predicted molar refractivity (Wildman–Crippen MR) is 117 cm³/mol. The van der Waals surface area contributed by atoms with Crippen LogP contribution in [0.3, 0.4) is 0 Å². The number of hydrogen-bond acceptors (Lipinski definition) is 7. The van der Waals surface area contributed by atoms with Crippen LogP contribution in [0.15, 0.2) is 59.9 Å². The van der Waals surface area contributed by atoms with Gasteiger partial charge in [0, 0.05) is 29.1 Å². The van der Waals surface area contributed by atoms with E-state index in [1.807, 2.05) is 36.4 Å². The summed E-state index contributed by atoms with van der Waals surface area (Å²) in [5.74, 6) is 2.80. The molecule has 3 heterocycles. The van der Waals surface area contributed by atoms with Crippen molar-refractivity contribution in [1.82, 2.24) is 9.97 Å². The van der Waals surface area contributed by atoms with Crippen molar-refractivity contribution in [3.63, 3.8) is 0 Å². The minimum Gasteiger partial charge on any atom is -0.493 e. The number of amidine groups is 1. The van der Waals surface area contributed by atoms with Gasteiger partial charge in [-0.2, -0.15) is 0 Å². The Morgan fingerprint density at radius 1 is 1.03 bits per heavy atom. The van der Waals surface area contributed by atoms with Gasteiger partial charge in [-0.1, -0.05) is 20.8 Å². The molecule has 3 aromatic rings. The smallest absolute Gasteiger partial charge is 0.283 e. The molecule has 2 aliphatic rings. The van der Waals surface area contributed by atoms with Gasteiger partial charge in [0.25, 0.3) is 6.02 Å². The number of hydrogen-bond donors (Lipinski definition) is 1. The number of aromatic nitrogens is 2. The van der Waals surface area contributed by atoms with Gasteiger partial charge in [-0.05, 0) is 47.9 Å². The van der Waals surface area contributed by atoms with E-state index in [1.54, 1.807) is 18.5 Å². The highest BCUT2D eigenvalue weighted by atomic mass is 16.5. The minimum absolute atomic E-state index is 0.0420. The zero-order valence-electron chi connectivity index (χ0n) is 17.8. The first-order valence-corrected chi connectivity index (χ1v) is 10.2. The van der Waals surface area contributed by atoms with Crippen molar-refractivity contribution < 1.29 is 14.2 Å². The second-order valence-electron chi connectivity index (χ2n) is 8.99. The highest BCUT2D eigenvalue weighted by molar-refractivity contribution is 5.77. The summed E-state index contributed by atoms with van der Waals surface area (Å²) in [7, 11) is 0. The molecule has 0 saturated heterocycles. The highest BCUT2D eigenvalue weighted by Gasteiger charge is 2.47. The quantitative estimate of drug-likeness (QED) is 0.686. The van der Waals surface area contributed by atoms with Crippen LogP contribution in [0, 0.1) is 5.41 Å². The molecular formula is C24H24N4O3. The van der Waals surface area contributed by atoms with Gasteiger partial charge >= 0.3 is 0 Å². The van der Waals surface area contributed by atoms with Gasteiger partial charge in [0.15, 0.2) is 11.4 Å². The van der Waals surface area contributed by atoms with Crippen molar-refractivity contribution >= 4 is 6.02 Å². The third-order valence-electron chi connectivity index (χ3n) is 5.27. The SMILES string of the molecule is CC(C)(C)COc1ccc2c(c1)[C@@]1(COC(N)=N1)c1cc(-c3ncccn3)ccc1O2. The van der Waals surface area contributed by atoms with Crippen LogP contribution in [0.1, 0.15) is 31.9 Å². The maximum absolute atomic E-state index is 6.23. The van der Waals surface area contributed by atoms with Gasteiger partial charge in [-0.25, -0.2) is 15.0 Å². The number of fused-ring (bicyclic) bond motifs is 4. The number of aliphatic imine (C=N–C) groups is 1. The summed E-state index contributed by atoms with van der Waals surface area (Å²) in [6.45, 7) is 7.28. The third-order valence-corrected chi connectivity index (χ3v) is 5.27. The van der Waals surface area contributed by atoms with Gasteiger partial charge < -0.3 is 19.9 Å². The van der Waals surface area contributed by atoms with E-state index in [0.717, 1.165) is 22.4 Å². The molecule has 1 aromatic heterocycles. The lowest BCUT2D eigenvalue weighted by molar-refractivity contribution is 0.197. The second kappa shape index (κ2) is 6.97. The van der Waals surface area contributed by atoms with Crippen molar-refractivity contribution in [2.24, 2.45) is 16.1 Å². The van der Waals surface area contributed by atoms with Crippen LogP contribution >= 0.6 is 0 Å². The van der Waals surface area contributed by atoms with Crippen LogP contribution in [0.25, 0.3) is 11.4 Å². The first kappa shape index (κ1) is 19.4. The summed E-state index contributed by atoms with van der Waals surface area (Å²) < 4.78 is 17.9. The van der Waals surface area contributed by atoms with Crippen LogP contribution in [0.5, 0.6) is 17.2 Å². The average Bonchev–Trinajstić information content (AvgIpc) is 3.15. The Balaban J connectivity index is 1.63. The molecule has 2 aliphatic heterocycles. The van der Waals surface area contributed by atoms with Crippen LogP contribution < -0.4 is 15.2 Å². The molecule has 7 heteroatoms. The van der Waals surface area contributed by atoms with E-state index in [0.29, 0.717) is 23.9 Å². The number of benzene rings is 2. The minimum atomic E-state index is -0.821. The number of nitrogens with two attached hydrogens (primary N) is 1. The van der Waals surface area contributed by atoms with E-state index in [-0.39, 0.29) is 18.0 Å². The molecular weight excluding hydrogens is 392 g/mol. The summed E-state index contributed by atoms with van der Waals surface area (Å²) >= 11 is 0. The molecule has 0 bridgehead atoms. The Labute approximate surface area is 180 Å². The van der Waals surface area contributed by atoms with Crippen molar-refractivity contribution in [3.8, 4) is 28.6 Å². The molecule has 7 nitrogen and oxygen atoms in total. The summed E-state index contributed by atoms with van der Waals surface area (Å²) in [6.07, 6.45) is 3.44. The number of ether oxygens (including phenoxy) is 3. The standard InChI is InChI=1S/C24H24N4O3/c1-23(2,3)13-29-16-6-8-20-18(12-16)24(14-30-22(25)28-24)17-11-15(5-7-19(17)31-20)21-26-9-4-10-27-21/h4-12H,13-14H2,1-3H3,(H2,25,28)/t24-/m1/s1. The summed E-state index contributed by atoms with van der Waals surface area (Å²) in [6, 6.07) is 13.6. The van der Waals surface area contributed by atoms with E-state index >= 15 is 0 Å². The molecule has 2 aromatic carbocycles. The molecule has 0 fully saturated rings. The largest absolute Gasteiger partial charge is 0.493 e. The van der Waals surface area contributed by atoms with E-state index in [4.69, 9.17) is 24.9 Å². The van der Waals surface area contributed by atoms with Gasteiger partial charge in [0.2, 0.25) is 0 Å². The molecule has 158 valence electrons. The normalized spacial score (nSPS) is 19.1. The zero-order valence-corrected chi connectivity index (χ0v) is 17.8. The van der Waals surface area contributed by atoms with Crippen LogP contribution in [0.4, 0.5) is 0 Å². The van der Waals surface area contributed by atoms with Crippen LogP contribution in [-0.2, 0) is 10.3 Å². The molecule has 0 aliphatic carbocycles. The van der Waals surface area contributed by atoms with Crippen molar-refractivity contribution in [2.45, 2.75) is 26.3 Å². The lowest BCUT2D eigenvalue weighted by Gasteiger charge is -2.34. The number of rotatable bonds is 3. The molecule has 0 amide bonds. The Morgan fingerprint density at radius 3 is 2.42 bits per heavy atom. The Morgan fingerprint density at radius 2 is 1.74 bits per heavy atom. The van der Waals surface area contributed by atoms with E-state index in [9.17, 15) is 0 Å². The predicted octanol–water partition coefficient (Wildman–Crippen LogP) is 4.26. The average molecular weight is 416 g/mol. The summed E-state index contributed by atoms with van der Waals surface area (Å²) in [5, 5.41) is 0. The van der Waals surface area contributed by atoms with Gasteiger partial charge in [0.05, 0.1) is 6.61 Å². The summed E-state index contributed by atoms with van der Waals surface area (Å²) in [5.41, 5.74) is 7.80. The number of nitrogens with zero attached hydrogens (tertiary/aromatic N) is 3. The molecule has 2 N–H and O–H groups in total. The van der Waals surface area contributed by atoms with E-state index in [1.165, 1.54) is 0 Å². The van der Waals surface area contributed by atoms with E-state index in [2.05, 4.69) is 30.7 Å². The molecule has 0 saturated carbocycles. The van der Waals surface area contributed by atoms with Gasteiger partial charge in [-0.15, -0.1) is 0 Å². The molecule has 31 heavy (non-hydrogen) atoms. The zero-order chi connectivity index (χ0) is 21.6. The Kier molecular flexibility index (Phi) is 4.36. The Hall–Kier alpha value is -3.61. The van der Waals surface area contributed by atoms with Gasteiger partial charge in [0.1, 0.15) is 23.9 Å². The first-order chi connectivity index (χ1) is 14.8. The van der Waals surface area contributed by atoms with Crippen molar-refractivity contribution in [3.05, 3.63) is 66.0 Å². The lowest BCUT2D eigenvalue weighted by atomic mass is 9.80. The fourth-order valence-electron chi connectivity index (χ4n) is 3.81. The third kappa shape index (κ3) is 3.46. The van der Waals surface area contributed by atoms with Crippen molar-refractivity contribution in [2.75, 3.05) is 13.2 Å². The summed E-state index contributed by atoms with van der Waals surface area (Å²) in [4.78, 5) is 13.5. The van der Waals surface area contributed by atoms with Gasteiger partial charge in [-0.3, -0.25) is 0 Å². The molecule has 0 unspecified atom stereocenters. The fourth-order valence-corrected chi connectivity index (χ4v) is 3.81. The maximum atomic E-state index is 6.23. The monoisotopic (exact) mass is 416 g/mol. The van der Waals surface area contributed by atoms with Crippen LogP contribution in [-0.4, -0.2) is 29.2 Å². The maximum Gasteiger partial charge on any atom is 0.283 e. The second-order valence-corrected chi connectivity index (χ2v) is 8.99. The molecule has 1 atom stereocenters. The Bertz CT molecular complexity index is 1170. The lowest BCUT2D eigenvalue weighted by Crippen LogP contribution is -2.31. The topological polar surface area (TPSA) is 91.9 Å². The first-order valence-electron chi connectivity index (χ1n) is 10.2. The fraction of sp³-hybridized carbons (Fsp3) is 0.292.